The summed E-state index contributed by atoms with van der Waals surface area (Å²) >= 11 is 3.30. The Morgan fingerprint density at radius 1 is 1.47 bits per heavy atom. The largest absolute Gasteiger partial charge is 0.329 e. The fourth-order valence-electron chi connectivity index (χ4n) is 1.68. The first kappa shape index (κ1) is 12.4. The maximum Gasteiger partial charge on any atom is 0.329 e. The van der Waals surface area contributed by atoms with Gasteiger partial charge >= 0.3 is 5.69 Å². The van der Waals surface area contributed by atoms with Gasteiger partial charge in [-0.25, -0.2) is 4.79 Å². The van der Waals surface area contributed by atoms with Crippen molar-refractivity contribution in [3.05, 3.63) is 32.3 Å². The van der Waals surface area contributed by atoms with Gasteiger partial charge in [-0.1, -0.05) is 6.92 Å². The molecule has 4 nitrogen and oxygen atoms in total. The van der Waals surface area contributed by atoms with E-state index in [1.165, 1.54) is 11.3 Å². The molecule has 0 atom stereocenters. The van der Waals surface area contributed by atoms with Gasteiger partial charge in [0, 0.05) is 6.54 Å². The third-order valence-electron chi connectivity index (χ3n) is 2.47. The lowest BCUT2D eigenvalue weighted by atomic mass is 10.4. The molecule has 0 aliphatic carbocycles. The summed E-state index contributed by atoms with van der Waals surface area (Å²) in [5.41, 5.74) is -0.586. The second-order valence-corrected chi connectivity index (χ2v) is 5.89. The average Bonchev–Trinajstić information content (AvgIpc) is 2.77. The van der Waals surface area contributed by atoms with Gasteiger partial charge in [0.2, 0.25) is 0 Å². The van der Waals surface area contributed by atoms with Crippen LogP contribution in [0.25, 0.3) is 10.2 Å². The zero-order valence-corrected chi connectivity index (χ0v) is 11.2. The van der Waals surface area contributed by atoms with E-state index in [4.69, 9.17) is 0 Å². The van der Waals surface area contributed by atoms with Gasteiger partial charge in [-0.3, -0.25) is 14.3 Å². The van der Waals surface area contributed by atoms with E-state index in [1.54, 1.807) is 10.6 Å². The lowest BCUT2D eigenvalue weighted by Gasteiger charge is -2.05. The molecule has 0 amide bonds. The van der Waals surface area contributed by atoms with Crippen molar-refractivity contribution in [1.29, 1.82) is 0 Å². The summed E-state index contributed by atoms with van der Waals surface area (Å²) in [6, 6.07) is 1.76. The molecule has 0 fully saturated rings. The molecule has 2 aromatic rings. The fourth-order valence-corrected chi connectivity index (χ4v) is 3.22. The first-order valence-corrected chi connectivity index (χ1v) is 7.55. The highest BCUT2D eigenvalue weighted by molar-refractivity contribution is 7.99. The molecule has 0 saturated heterocycles. The number of nitrogens with one attached hydrogen (secondary N) is 1. The third-order valence-corrected chi connectivity index (χ3v) is 4.40. The molecule has 0 bridgehead atoms. The molecule has 0 radical (unpaired) electrons. The number of hydrogen-bond donors (Lipinski definition) is 1. The van der Waals surface area contributed by atoms with E-state index in [9.17, 15) is 9.59 Å². The molecule has 92 valence electrons. The average molecular weight is 270 g/mol. The van der Waals surface area contributed by atoms with Crippen LogP contribution in [0, 0.1) is 0 Å². The molecule has 2 heterocycles. The number of thiophene rings is 1. The molecule has 0 aliphatic rings. The molecular formula is C11H14N2O2S2. The van der Waals surface area contributed by atoms with Gasteiger partial charge in [-0.05, 0) is 29.4 Å². The van der Waals surface area contributed by atoms with Gasteiger partial charge in [-0.2, -0.15) is 11.8 Å². The van der Waals surface area contributed by atoms with E-state index in [2.05, 4.69) is 11.9 Å². The maximum absolute atomic E-state index is 11.7. The highest BCUT2D eigenvalue weighted by Gasteiger charge is 2.07. The van der Waals surface area contributed by atoms with Crippen LogP contribution in [0.3, 0.4) is 0 Å². The van der Waals surface area contributed by atoms with E-state index in [0.29, 0.717) is 11.9 Å². The summed E-state index contributed by atoms with van der Waals surface area (Å²) < 4.78 is 1.66. The standard InChI is InChI=1S/C11H14N2O2S2/c1-2-16-6-3-5-13-10-8(4-7-17-10)9(14)12-11(13)15/h4,7H,2-3,5-6H2,1H3,(H,12,14,15). The quantitative estimate of drug-likeness (QED) is 0.844. The van der Waals surface area contributed by atoms with E-state index in [-0.39, 0.29) is 11.2 Å². The Morgan fingerprint density at radius 3 is 3.06 bits per heavy atom. The molecular weight excluding hydrogens is 256 g/mol. The summed E-state index contributed by atoms with van der Waals surface area (Å²) in [5, 5.41) is 2.45. The van der Waals surface area contributed by atoms with Crippen molar-refractivity contribution in [2.24, 2.45) is 0 Å². The van der Waals surface area contributed by atoms with Crippen molar-refractivity contribution in [3.63, 3.8) is 0 Å². The number of nitrogens with zero attached hydrogens (tertiary/aromatic N) is 1. The molecule has 0 aromatic carbocycles. The van der Waals surface area contributed by atoms with Gasteiger partial charge in [-0.15, -0.1) is 11.3 Å². The number of aryl methyl sites for hydroxylation is 1. The Balaban J connectivity index is 2.30. The minimum absolute atomic E-state index is 0.287. The maximum atomic E-state index is 11.7. The van der Waals surface area contributed by atoms with E-state index in [1.807, 2.05) is 17.1 Å². The van der Waals surface area contributed by atoms with Gasteiger partial charge in [0.15, 0.2) is 0 Å². The molecule has 2 aromatic heterocycles. The molecule has 0 spiro atoms. The van der Waals surface area contributed by atoms with Crippen LogP contribution >= 0.6 is 23.1 Å². The van der Waals surface area contributed by atoms with Crippen LogP contribution < -0.4 is 11.2 Å². The fraction of sp³-hybridized carbons (Fsp3) is 0.455. The predicted molar refractivity (Wildman–Crippen MR) is 74.3 cm³/mol. The summed E-state index contributed by atoms with van der Waals surface area (Å²) in [6.45, 7) is 2.79. The monoisotopic (exact) mass is 270 g/mol. The first-order chi connectivity index (χ1) is 8.24. The summed E-state index contributed by atoms with van der Waals surface area (Å²) in [4.78, 5) is 26.4. The van der Waals surface area contributed by atoms with Crippen molar-refractivity contribution in [2.75, 3.05) is 11.5 Å². The van der Waals surface area contributed by atoms with Crippen molar-refractivity contribution in [1.82, 2.24) is 9.55 Å². The van der Waals surface area contributed by atoms with Crippen molar-refractivity contribution in [2.45, 2.75) is 19.9 Å². The predicted octanol–water partition coefficient (Wildman–Crippen LogP) is 1.89. The minimum atomic E-state index is -0.300. The van der Waals surface area contributed by atoms with Gasteiger partial charge in [0.25, 0.3) is 5.56 Å². The number of thioether (sulfide) groups is 1. The number of aromatic nitrogens is 2. The normalized spacial score (nSPS) is 11.1. The van der Waals surface area contributed by atoms with Crippen LogP contribution in [0.4, 0.5) is 0 Å². The van der Waals surface area contributed by atoms with Crippen LogP contribution in [-0.4, -0.2) is 21.1 Å². The van der Waals surface area contributed by atoms with E-state index >= 15 is 0 Å². The van der Waals surface area contributed by atoms with Gasteiger partial charge in [0.1, 0.15) is 4.83 Å². The Kier molecular flexibility index (Phi) is 4.06. The lowest BCUT2D eigenvalue weighted by Crippen LogP contribution is -2.29. The molecule has 17 heavy (non-hydrogen) atoms. The Hall–Kier alpha value is -1.01. The smallest absolute Gasteiger partial charge is 0.284 e. The number of hydrogen-bond acceptors (Lipinski definition) is 4. The van der Waals surface area contributed by atoms with E-state index < -0.39 is 0 Å². The van der Waals surface area contributed by atoms with Crippen LogP contribution in [0.2, 0.25) is 0 Å². The van der Waals surface area contributed by atoms with Gasteiger partial charge < -0.3 is 0 Å². The number of rotatable bonds is 5. The van der Waals surface area contributed by atoms with Crippen LogP contribution in [0.15, 0.2) is 21.0 Å². The van der Waals surface area contributed by atoms with Crippen molar-refractivity contribution in [3.8, 4) is 0 Å². The van der Waals surface area contributed by atoms with Crippen LogP contribution in [-0.2, 0) is 6.54 Å². The summed E-state index contributed by atoms with van der Waals surface area (Å²) in [7, 11) is 0. The van der Waals surface area contributed by atoms with Crippen molar-refractivity contribution < 1.29 is 0 Å². The molecule has 1 N–H and O–H groups in total. The van der Waals surface area contributed by atoms with Crippen molar-refractivity contribution >= 4 is 33.3 Å². The van der Waals surface area contributed by atoms with Gasteiger partial charge in [0.05, 0.1) is 5.39 Å². The summed E-state index contributed by atoms with van der Waals surface area (Å²) in [6.07, 6.45) is 0.942. The Morgan fingerprint density at radius 2 is 2.29 bits per heavy atom. The molecule has 0 unspecified atom stereocenters. The SMILES string of the molecule is CCSCCCn1c(=O)[nH]c(=O)c2ccsc21. The van der Waals surface area contributed by atoms with Crippen LogP contribution in [0.1, 0.15) is 13.3 Å². The highest BCUT2D eigenvalue weighted by atomic mass is 32.2. The second kappa shape index (κ2) is 5.55. The molecule has 2 rings (SSSR count). The number of aromatic amines is 1. The zero-order chi connectivity index (χ0) is 12.3. The topological polar surface area (TPSA) is 54.9 Å². The Labute approximate surface area is 107 Å². The third kappa shape index (κ3) is 2.63. The minimum Gasteiger partial charge on any atom is -0.284 e. The lowest BCUT2D eigenvalue weighted by molar-refractivity contribution is 0.666. The second-order valence-electron chi connectivity index (χ2n) is 3.60. The first-order valence-electron chi connectivity index (χ1n) is 5.52. The highest BCUT2D eigenvalue weighted by Crippen LogP contribution is 2.15. The number of fused-ring (bicyclic) bond motifs is 1. The van der Waals surface area contributed by atoms with E-state index in [0.717, 1.165) is 22.8 Å². The zero-order valence-electron chi connectivity index (χ0n) is 9.56. The Bertz CT molecular complexity index is 612. The number of H-pyrrole nitrogens is 1. The van der Waals surface area contributed by atoms with Crippen LogP contribution in [0.5, 0.6) is 0 Å². The molecule has 0 saturated carbocycles. The molecule has 0 aliphatic heterocycles. The molecule has 6 heteroatoms. The summed E-state index contributed by atoms with van der Waals surface area (Å²) in [5.74, 6) is 2.13.